The number of nitrogens with two attached hydrogens (primary N) is 1. The van der Waals surface area contributed by atoms with E-state index >= 15 is 0 Å². The third-order valence-corrected chi connectivity index (χ3v) is 3.75. The Morgan fingerprint density at radius 2 is 2.18 bits per heavy atom. The molecule has 0 bridgehead atoms. The van der Waals surface area contributed by atoms with Gasteiger partial charge in [-0.2, -0.15) is 0 Å². The first-order chi connectivity index (χ1) is 10.5. The van der Waals surface area contributed by atoms with Crippen molar-refractivity contribution in [3.8, 4) is 5.88 Å². The van der Waals surface area contributed by atoms with Gasteiger partial charge >= 0.3 is 0 Å². The molecule has 0 saturated carbocycles. The predicted octanol–water partition coefficient (Wildman–Crippen LogP) is 2.92. The van der Waals surface area contributed by atoms with E-state index in [1.165, 1.54) is 10.8 Å². The summed E-state index contributed by atoms with van der Waals surface area (Å²) in [7, 11) is 0. The van der Waals surface area contributed by atoms with Crippen LogP contribution in [0.15, 0.2) is 34.1 Å². The highest BCUT2D eigenvalue weighted by Gasteiger charge is 2.14. The number of para-hydroxylation sites is 2. The fraction of sp³-hybridized carbons (Fsp3) is 0.267. The van der Waals surface area contributed by atoms with Crippen LogP contribution in [0.25, 0.3) is 0 Å². The molecule has 1 atom stereocenters. The summed E-state index contributed by atoms with van der Waals surface area (Å²) >= 11 is 5.11. The van der Waals surface area contributed by atoms with Crippen LogP contribution in [0.5, 0.6) is 5.88 Å². The van der Waals surface area contributed by atoms with Crippen LogP contribution in [-0.4, -0.2) is 20.9 Å². The smallest absolute Gasteiger partial charge is 0.264 e. The second-order valence-electron chi connectivity index (χ2n) is 4.94. The van der Waals surface area contributed by atoms with Crippen molar-refractivity contribution in [2.75, 3.05) is 5.73 Å². The molecule has 2 aromatic rings. The Bertz CT molecular complexity index is 823. The lowest BCUT2D eigenvalue weighted by atomic mass is 10.2. The van der Waals surface area contributed by atoms with Gasteiger partial charge in [-0.25, -0.2) is 0 Å². The molecule has 22 heavy (non-hydrogen) atoms. The summed E-state index contributed by atoms with van der Waals surface area (Å²) in [6.07, 6.45) is 2.06. The van der Waals surface area contributed by atoms with Gasteiger partial charge in [0.25, 0.3) is 5.56 Å². The van der Waals surface area contributed by atoms with Gasteiger partial charge in [0, 0.05) is 12.3 Å². The first-order valence-electron chi connectivity index (χ1n) is 6.92. The number of anilines is 1. The van der Waals surface area contributed by atoms with Gasteiger partial charge in [-0.05, 0) is 37.7 Å². The van der Waals surface area contributed by atoms with Crippen molar-refractivity contribution in [2.45, 2.75) is 26.3 Å². The third-order valence-electron chi connectivity index (χ3n) is 3.45. The van der Waals surface area contributed by atoms with Crippen molar-refractivity contribution in [3.05, 3.63) is 45.0 Å². The number of nitrogens with zero attached hydrogens (tertiary/aromatic N) is 2. The van der Waals surface area contributed by atoms with Crippen molar-refractivity contribution in [1.29, 1.82) is 0 Å². The van der Waals surface area contributed by atoms with E-state index in [2.05, 4.69) is 9.98 Å². The maximum absolute atomic E-state index is 12.0. The number of nitrogen functional groups attached to an aromatic ring is 1. The number of nitrogens with one attached hydrogen (secondary N) is 1. The van der Waals surface area contributed by atoms with E-state index in [0.29, 0.717) is 11.4 Å². The molecule has 0 spiro atoms. The van der Waals surface area contributed by atoms with Gasteiger partial charge in [0.05, 0.1) is 11.4 Å². The fourth-order valence-corrected chi connectivity index (χ4v) is 2.36. The Labute approximate surface area is 133 Å². The van der Waals surface area contributed by atoms with E-state index in [9.17, 15) is 9.90 Å². The highest BCUT2D eigenvalue weighted by Crippen LogP contribution is 2.23. The lowest BCUT2D eigenvalue weighted by Gasteiger charge is -2.16. The van der Waals surface area contributed by atoms with E-state index in [1.807, 2.05) is 13.8 Å². The molecule has 0 saturated heterocycles. The number of aliphatic imine (C=N–C) groups is 1. The molecule has 2 rings (SSSR count). The maximum atomic E-state index is 12.0. The molecular formula is C15H18N4O2S. The molecule has 0 aliphatic rings. The zero-order chi connectivity index (χ0) is 16.3. The van der Waals surface area contributed by atoms with Crippen LogP contribution in [0.4, 0.5) is 11.4 Å². The molecule has 1 aromatic carbocycles. The molecule has 0 amide bonds. The summed E-state index contributed by atoms with van der Waals surface area (Å²) in [5, 5.41) is 10.4. The van der Waals surface area contributed by atoms with E-state index in [1.54, 1.807) is 24.3 Å². The maximum Gasteiger partial charge on any atom is 0.264 e. The van der Waals surface area contributed by atoms with Gasteiger partial charge in [-0.3, -0.25) is 19.3 Å². The van der Waals surface area contributed by atoms with Gasteiger partial charge in [0.15, 0.2) is 4.77 Å². The van der Waals surface area contributed by atoms with Crippen LogP contribution < -0.4 is 11.3 Å². The van der Waals surface area contributed by atoms with E-state index in [4.69, 9.17) is 18.0 Å². The van der Waals surface area contributed by atoms with Crippen LogP contribution in [-0.2, 0) is 0 Å². The number of aromatic amines is 1. The number of H-pyrrole nitrogens is 1. The van der Waals surface area contributed by atoms with Crippen LogP contribution in [0.3, 0.4) is 0 Å². The number of aromatic nitrogens is 2. The topological polar surface area (TPSA) is 96.4 Å². The number of aromatic hydroxyl groups is 1. The Morgan fingerprint density at radius 3 is 2.82 bits per heavy atom. The van der Waals surface area contributed by atoms with E-state index in [0.717, 1.165) is 6.42 Å². The Kier molecular flexibility index (Phi) is 4.77. The van der Waals surface area contributed by atoms with Crippen molar-refractivity contribution in [1.82, 2.24) is 9.55 Å². The monoisotopic (exact) mass is 318 g/mol. The molecule has 6 nitrogen and oxygen atoms in total. The molecule has 1 aromatic heterocycles. The first-order valence-corrected chi connectivity index (χ1v) is 7.32. The van der Waals surface area contributed by atoms with Gasteiger partial charge in [0.1, 0.15) is 5.56 Å². The largest absolute Gasteiger partial charge is 0.494 e. The SMILES string of the molecule is CCC(C)n1c(O)c(C=Nc2ccccc2N)c(=O)[nH]c1=S. The van der Waals surface area contributed by atoms with Gasteiger partial charge < -0.3 is 10.8 Å². The van der Waals surface area contributed by atoms with Crippen molar-refractivity contribution < 1.29 is 5.11 Å². The molecule has 116 valence electrons. The fourth-order valence-electron chi connectivity index (χ4n) is 2.00. The minimum Gasteiger partial charge on any atom is -0.494 e. The second-order valence-corrected chi connectivity index (χ2v) is 5.33. The Morgan fingerprint density at radius 1 is 1.50 bits per heavy atom. The molecule has 1 heterocycles. The van der Waals surface area contributed by atoms with Crippen molar-refractivity contribution in [2.24, 2.45) is 4.99 Å². The summed E-state index contributed by atoms with van der Waals surface area (Å²) in [5.74, 6) is -0.193. The van der Waals surface area contributed by atoms with E-state index < -0.39 is 5.56 Å². The zero-order valence-corrected chi connectivity index (χ0v) is 13.2. The summed E-state index contributed by atoms with van der Waals surface area (Å²) in [6.45, 7) is 3.87. The normalized spacial score (nSPS) is 12.6. The summed E-state index contributed by atoms with van der Waals surface area (Å²) < 4.78 is 1.69. The number of hydrogen-bond acceptors (Lipinski definition) is 5. The number of benzene rings is 1. The second kappa shape index (κ2) is 6.57. The van der Waals surface area contributed by atoms with E-state index in [-0.39, 0.29) is 22.3 Å². The average molecular weight is 318 g/mol. The molecule has 0 aliphatic heterocycles. The average Bonchev–Trinajstić information content (AvgIpc) is 2.48. The van der Waals surface area contributed by atoms with Crippen LogP contribution >= 0.6 is 12.2 Å². The molecular weight excluding hydrogens is 300 g/mol. The highest BCUT2D eigenvalue weighted by molar-refractivity contribution is 7.71. The molecule has 7 heteroatoms. The molecule has 1 unspecified atom stereocenters. The molecule has 0 radical (unpaired) electrons. The standard InChI is InChI=1S/C15H18N4O2S/c1-3-9(2)19-14(21)10(13(20)18-15(19)22)8-17-12-7-5-4-6-11(12)16/h4-9,21H,3,16H2,1-2H3,(H,18,20,22). The summed E-state index contributed by atoms with van der Waals surface area (Å²) in [4.78, 5) is 18.7. The zero-order valence-electron chi connectivity index (χ0n) is 12.4. The third kappa shape index (κ3) is 3.09. The number of hydrogen-bond donors (Lipinski definition) is 3. The lowest BCUT2D eigenvalue weighted by Crippen LogP contribution is -2.20. The Balaban J connectivity index is 2.55. The summed E-state index contributed by atoms with van der Waals surface area (Å²) in [6, 6.07) is 6.97. The van der Waals surface area contributed by atoms with Crippen LogP contribution in [0.2, 0.25) is 0 Å². The van der Waals surface area contributed by atoms with Crippen LogP contribution in [0, 0.1) is 4.77 Å². The number of rotatable bonds is 4. The minimum atomic E-state index is -0.486. The molecule has 4 N–H and O–H groups in total. The van der Waals surface area contributed by atoms with Crippen molar-refractivity contribution >= 4 is 29.8 Å². The summed E-state index contributed by atoms with van der Waals surface area (Å²) in [5.41, 5.74) is 6.38. The minimum absolute atomic E-state index is 0.0432. The quantitative estimate of drug-likeness (QED) is 0.459. The van der Waals surface area contributed by atoms with Gasteiger partial charge in [-0.15, -0.1) is 0 Å². The Hall–Kier alpha value is -2.41. The lowest BCUT2D eigenvalue weighted by molar-refractivity contribution is 0.371. The highest BCUT2D eigenvalue weighted by atomic mass is 32.1. The van der Waals surface area contributed by atoms with Crippen molar-refractivity contribution in [3.63, 3.8) is 0 Å². The van der Waals surface area contributed by atoms with Gasteiger partial charge in [-0.1, -0.05) is 19.1 Å². The van der Waals surface area contributed by atoms with Gasteiger partial charge in [0.2, 0.25) is 5.88 Å². The first kappa shape index (κ1) is 16.0. The molecule has 0 fully saturated rings. The predicted molar refractivity (Wildman–Crippen MR) is 90.7 cm³/mol. The molecule has 0 aliphatic carbocycles. The van der Waals surface area contributed by atoms with Crippen LogP contribution in [0.1, 0.15) is 31.9 Å².